The monoisotopic (exact) mass is 525 g/mol. The second kappa shape index (κ2) is 11.0. The first-order chi connectivity index (χ1) is 17.2. The number of hydrogen-bond donors (Lipinski definition) is 1. The van der Waals surface area contributed by atoms with E-state index in [0.717, 1.165) is 5.69 Å². The van der Waals surface area contributed by atoms with Gasteiger partial charge in [0.2, 0.25) is 11.7 Å². The molecule has 2 fully saturated rings. The van der Waals surface area contributed by atoms with Gasteiger partial charge >= 0.3 is 5.97 Å². The van der Waals surface area contributed by atoms with Gasteiger partial charge in [-0.1, -0.05) is 18.5 Å². The highest BCUT2D eigenvalue weighted by Crippen LogP contribution is 2.37. The van der Waals surface area contributed by atoms with E-state index in [-0.39, 0.29) is 42.5 Å². The van der Waals surface area contributed by atoms with Crippen molar-refractivity contribution < 1.29 is 32.9 Å². The van der Waals surface area contributed by atoms with Crippen LogP contribution in [0.4, 0.5) is 20.2 Å². The first-order valence-corrected chi connectivity index (χ1v) is 12.2. The zero-order chi connectivity index (χ0) is 26.0. The fourth-order valence-corrected chi connectivity index (χ4v) is 5.24. The predicted molar refractivity (Wildman–Crippen MR) is 131 cm³/mol. The van der Waals surface area contributed by atoms with Gasteiger partial charge < -0.3 is 29.1 Å². The smallest absolute Gasteiger partial charge is 0.305 e. The highest BCUT2D eigenvalue weighted by molar-refractivity contribution is 6.33. The van der Waals surface area contributed by atoms with Crippen LogP contribution in [0.2, 0.25) is 5.02 Å². The summed E-state index contributed by atoms with van der Waals surface area (Å²) in [6, 6.07) is 4.14. The Morgan fingerprint density at radius 3 is 2.67 bits per heavy atom. The average Bonchev–Trinajstić information content (AvgIpc) is 3.25. The SMILES string of the molecule is COc1cc(N2CCC(Oc3ccc(N4C[C@H](OC)CC4CC(=O)O)c(F)c3F)C(C)C2)c(Cl)cn1. The van der Waals surface area contributed by atoms with Crippen molar-refractivity contribution in [3.05, 3.63) is 41.1 Å². The van der Waals surface area contributed by atoms with Crippen LogP contribution in [0.25, 0.3) is 0 Å². The second-order valence-corrected chi connectivity index (χ2v) is 9.66. The van der Waals surface area contributed by atoms with Gasteiger partial charge in [-0.2, -0.15) is 4.39 Å². The lowest BCUT2D eigenvalue weighted by atomic mass is 9.96. The number of pyridine rings is 1. The third-order valence-corrected chi connectivity index (χ3v) is 7.21. The van der Waals surface area contributed by atoms with Crippen molar-refractivity contribution in [3.8, 4) is 11.6 Å². The molecule has 8 nitrogen and oxygen atoms in total. The molecule has 1 aromatic carbocycles. The summed E-state index contributed by atoms with van der Waals surface area (Å²) in [4.78, 5) is 19.0. The van der Waals surface area contributed by atoms with E-state index in [1.807, 2.05) is 6.92 Å². The van der Waals surface area contributed by atoms with Gasteiger partial charge in [-0.05, 0) is 18.6 Å². The zero-order valence-corrected chi connectivity index (χ0v) is 21.2. The van der Waals surface area contributed by atoms with Crippen molar-refractivity contribution in [2.24, 2.45) is 5.92 Å². The van der Waals surface area contributed by atoms with Crippen molar-refractivity contribution in [2.45, 2.75) is 44.4 Å². The maximum atomic E-state index is 15.2. The van der Waals surface area contributed by atoms with Crippen molar-refractivity contribution in [2.75, 3.05) is 43.7 Å². The van der Waals surface area contributed by atoms with Crippen LogP contribution < -0.4 is 19.3 Å². The van der Waals surface area contributed by atoms with Crippen LogP contribution in [0, 0.1) is 17.6 Å². The molecule has 0 saturated carbocycles. The largest absolute Gasteiger partial charge is 0.487 e. The topological polar surface area (TPSA) is 84.4 Å². The number of aromatic nitrogens is 1. The number of methoxy groups -OCH3 is 2. The lowest BCUT2D eigenvalue weighted by Crippen LogP contribution is -2.44. The van der Waals surface area contributed by atoms with Crippen molar-refractivity contribution in [3.63, 3.8) is 0 Å². The van der Waals surface area contributed by atoms with Crippen LogP contribution in [-0.4, -0.2) is 68.2 Å². The molecule has 2 aliphatic heterocycles. The Kier molecular flexibility index (Phi) is 8.04. The van der Waals surface area contributed by atoms with Crippen molar-refractivity contribution in [1.29, 1.82) is 0 Å². The Morgan fingerprint density at radius 2 is 2.00 bits per heavy atom. The first kappa shape index (κ1) is 26.2. The van der Waals surface area contributed by atoms with Gasteiger partial charge in [0.25, 0.3) is 0 Å². The molecule has 11 heteroatoms. The Morgan fingerprint density at radius 1 is 1.22 bits per heavy atom. The standard InChI is InChI=1S/C25H30ClF2N3O5/c1-14-12-30(19-10-22(35-3)29-11-17(19)26)7-6-20(14)36-21-5-4-18(24(27)25(21)28)31-13-16(34-2)8-15(31)9-23(32)33/h4-5,10-11,14-16,20H,6-9,12-13H2,1-3H3,(H,32,33)/t14?,15?,16-,20?/m1/s1. The minimum atomic E-state index is -1.08. The van der Waals surface area contributed by atoms with Gasteiger partial charge in [0, 0.05) is 51.2 Å². The number of halogens is 3. The number of ether oxygens (including phenoxy) is 3. The van der Waals surface area contributed by atoms with Gasteiger partial charge in [0.1, 0.15) is 6.10 Å². The summed E-state index contributed by atoms with van der Waals surface area (Å²) in [5, 5.41) is 9.73. The molecule has 196 valence electrons. The lowest BCUT2D eigenvalue weighted by Gasteiger charge is -2.38. The van der Waals surface area contributed by atoms with Crippen LogP contribution in [0.1, 0.15) is 26.2 Å². The van der Waals surface area contributed by atoms with Crippen LogP contribution in [-0.2, 0) is 9.53 Å². The van der Waals surface area contributed by atoms with Crippen molar-refractivity contribution in [1.82, 2.24) is 4.98 Å². The Labute approximate surface area is 213 Å². The molecule has 0 bridgehead atoms. The fraction of sp³-hybridized carbons (Fsp3) is 0.520. The summed E-state index contributed by atoms with van der Waals surface area (Å²) < 4.78 is 46.8. The van der Waals surface area contributed by atoms with Gasteiger partial charge in [0.15, 0.2) is 11.6 Å². The minimum absolute atomic E-state index is 0.00268. The summed E-state index contributed by atoms with van der Waals surface area (Å²) in [6.07, 6.45) is 1.76. The molecule has 1 aromatic heterocycles. The van der Waals surface area contributed by atoms with Crippen molar-refractivity contribution >= 4 is 28.9 Å². The molecule has 36 heavy (non-hydrogen) atoms. The van der Waals surface area contributed by atoms with Crippen LogP contribution in [0.5, 0.6) is 11.6 Å². The molecule has 2 saturated heterocycles. The Bertz CT molecular complexity index is 1110. The van der Waals surface area contributed by atoms with E-state index in [1.165, 1.54) is 26.4 Å². The average molecular weight is 526 g/mol. The summed E-state index contributed by atoms with van der Waals surface area (Å²) in [6.45, 7) is 3.47. The summed E-state index contributed by atoms with van der Waals surface area (Å²) in [5.41, 5.74) is 0.807. The van der Waals surface area contributed by atoms with Crippen LogP contribution in [0.3, 0.4) is 0 Å². The number of carbonyl (C=O) groups is 1. The molecule has 3 heterocycles. The number of carboxylic acids is 1. The molecule has 4 atom stereocenters. The summed E-state index contributed by atoms with van der Waals surface area (Å²) in [5.74, 6) is -2.85. The molecule has 0 amide bonds. The van der Waals surface area contributed by atoms with E-state index in [4.69, 9.17) is 25.8 Å². The minimum Gasteiger partial charge on any atom is -0.487 e. The molecule has 2 aromatic rings. The zero-order valence-electron chi connectivity index (χ0n) is 20.4. The number of anilines is 2. The van der Waals surface area contributed by atoms with E-state index in [1.54, 1.807) is 17.2 Å². The Hall–Kier alpha value is -2.85. The lowest BCUT2D eigenvalue weighted by molar-refractivity contribution is -0.137. The quantitative estimate of drug-likeness (QED) is 0.543. The summed E-state index contributed by atoms with van der Waals surface area (Å²) in [7, 11) is 3.05. The molecule has 0 radical (unpaired) electrons. The molecular formula is C25H30ClF2N3O5. The van der Waals surface area contributed by atoms with E-state index >= 15 is 8.78 Å². The number of carboxylic acid groups (broad SMARTS) is 1. The molecule has 1 N–H and O–H groups in total. The van der Waals surface area contributed by atoms with Gasteiger partial charge in [0.05, 0.1) is 42.2 Å². The normalized spacial score (nSPS) is 24.2. The number of rotatable bonds is 8. The number of hydrogen-bond acceptors (Lipinski definition) is 7. The number of benzene rings is 1. The molecule has 2 aliphatic rings. The summed E-state index contributed by atoms with van der Waals surface area (Å²) >= 11 is 6.34. The molecule has 0 aliphatic carbocycles. The number of piperidine rings is 1. The van der Waals surface area contributed by atoms with E-state index < -0.39 is 23.6 Å². The Balaban J connectivity index is 1.47. The van der Waals surface area contributed by atoms with Crippen LogP contribution in [0.15, 0.2) is 24.4 Å². The molecule has 3 unspecified atom stereocenters. The molecule has 0 spiro atoms. The van der Waals surface area contributed by atoms with E-state index in [9.17, 15) is 9.90 Å². The van der Waals surface area contributed by atoms with Gasteiger partial charge in [-0.3, -0.25) is 4.79 Å². The second-order valence-electron chi connectivity index (χ2n) is 9.25. The maximum Gasteiger partial charge on any atom is 0.305 e. The highest BCUT2D eigenvalue weighted by Gasteiger charge is 2.36. The maximum absolute atomic E-state index is 15.2. The number of nitrogens with zero attached hydrogens (tertiary/aromatic N) is 3. The van der Waals surface area contributed by atoms with Gasteiger partial charge in [-0.15, -0.1) is 0 Å². The number of aliphatic carboxylic acids is 1. The first-order valence-electron chi connectivity index (χ1n) is 11.8. The predicted octanol–water partition coefficient (Wildman–Crippen LogP) is 4.38. The highest BCUT2D eigenvalue weighted by atomic mass is 35.5. The van der Waals surface area contributed by atoms with Gasteiger partial charge in [-0.25, -0.2) is 9.37 Å². The molecule has 4 rings (SSSR count). The fourth-order valence-electron chi connectivity index (χ4n) is 5.01. The van der Waals surface area contributed by atoms with E-state index in [2.05, 4.69) is 9.88 Å². The third-order valence-electron chi connectivity index (χ3n) is 6.92. The van der Waals surface area contributed by atoms with E-state index in [0.29, 0.717) is 36.8 Å². The molecular weight excluding hydrogens is 496 g/mol. The van der Waals surface area contributed by atoms with Crippen LogP contribution >= 0.6 is 11.6 Å². The third kappa shape index (κ3) is 5.44.